The summed E-state index contributed by atoms with van der Waals surface area (Å²) in [6.45, 7) is 9.35. The van der Waals surface area contributed by atoms with Crippen molar-refractivity contribution in [1.29, 1.82) is 0 Å². The summed E-state index contributed by atoms with van der Waals surface area (Å²) in [7, 11) is 0. The highest BCUT2D eigenvalue weighted by Gasteiger charge is 2.25. The smallest absolute Gasteiger partial charge is 0.240 e. The standard InChI is InChI=1S/C17H29N5O3/c1-3-24-13(2)17-19-15(25-20-17)12-21-7-9-22(10-8-21)16(23)11-14-5-4-6-18-14/h13-14,18H,3-12H2,1-2H3. The zero-order valence-electron chi connectivity index (χ0n) is 15.2. The van der Waals surface area contributed by atoms with Crippen molar-refractivity contribution >= 4 is 5.91 Å². The molecular formula is C17H29N5O3. The van der Waals surface area contributed by atoms with E-state index < -0.39 is 0 Å². The van der Waals surface area contributed by atoms with Crippen LogP contribution in [0.4, 0.5) is 0 Å². The maximum atomic E-state index is 12.4. The highest BCUT2D eigenvalue weighted by Crippen LogP contribution is 2.15. The van der Waals surface area contributed by atoms with Gasteiger partial charge >= 0.3 is 0 Å². The number of amides is 1. The van der Waals surface area contributed by atoms with Crippen LogP contribution < -0.4 is 5.32 Å². The fraction of sp³-hybridized carbons (Fsp3) is 0.824. The second kappa shape index (κ2) is 8.73. The predicted octanol–water partition coefficient (Wildman–Crippen LogP) is 0.953. The minimum Gasteiger partial charge on any atom is -0.371 e. The van der Waals surface area contributed by atoms with E-state index in [-0.39, 0.29) is 12.0 Å². The molecule has 0 bridgehead atoms. The van der Waals surface area contributed by atoms with E-state index in [0.29, 0.717) is 37.3 Å². The predicted molar refractivity (Wildman–Crippen MR) is 91.8 cm³/mol. The molecule has 140 valence electrons. The van der Waals surface area contributed by atoms with Crippen LogP contribution in [0.3, 0.4) is 0 Å². The first kappa shape index (κ1) is 18.3. The Morgan fingerprint density at radius 2 is 2.20 bits per heavy atom. The van der Waals surface area contributed by atoms with Gasteiger partial charge in [0, 0.05) is 45.2 Å². The Labute approximate surface area is 148 Å². The van der Waals surface area contributed by atoms with E-state index in [1.165, 1.54) is 6.42 Å². The molecule has 2 aliphatic rings. The van der Waals surface area contributed by atoms with E-state index in [9.17, 15) is 4.79 Å². The van der Waals surface area contributed by atoms with Gasteiger partial charge in [0.25, 0.3) is 0 Å². The molecule has 2 fully saturated rings. The molecule has 8 nitrogen and oxygen atoms in total. The summed E-state index contributed by atoms with van der Waals surface area (Å²) in [5.74, 6) is 1.47. The average molecular weight is 351 g/mol. The van der Waals surface area contributed by atoms with Gasteiger partial charge in [-0.15, -0.1) is 0 Å². The van der Waals surface area contributed by atoms with Crippen molar-refractivity contribution in [2.75, 3.05) is 39.3 Å². The normalized spacial score (nSPS) is 23.1. The lowest BCUT2D eigenvalue weighted by molar-refractivity contribution is -0.133. The molecule has 0 spiro atoms. The molecule has 8 heteroatoms. The Hall–Kier alpha value is -1.51. The van der Waals surface area contributed by atoms with Crippen molar-refractivity contribution in [1.82, 2.24) is 25.3 Å². The van der Waals surface area contributed by atoms with Gasteiger partial charge in [-0.1, -0.05) is 5.16 Å². The summed E-state index contributed by atoms with van der Waals surface area (Å²) in [6, 6.07) is 0.370. The number of carbonyl (C=O) groups is 1. The number of carbonyl (C=O) groups excluding carboxylic acids is 1. The third-order valence-electron chi connectivity index (χ3n) is 4.93. The Morgan fingerprint density at radius 1 is 1.40 bits per heavy atom. The van der Waals surface area contributed by atoms with E-state index in [0.717, 1.165) is 39.1 Å². The molecule has 2 unspecified atom stereocenters. The maximum Gasteiger partial charge on any atom is 0.240 e. The van der Waals surface area contributed by atoms with Crippen molar-refractivity contribution in [2.24, 2.45) is 0 Å². The van der Waals surface area contributed by atoms with Crippen molar-refractivity contribution < 1.29 is 14.1 Å². The van der Waals surface area contributed by atoms with Crippen molar-refractivity contribution in [3.8, 4) is 0 Å². The molecule has 0 aromatic carbocycles. The first-order chi connectivity index (χ1) is 12.2. The summed E-state index contributed by atoms with van der Waals surface area (Å²) >= 11 is 0. The largest absolute Gasteiger partial charge is 0.371 e. The summed E-state index contributed by atoms with van der Waals surface area (Å²) in [5.41, 5.74) is 0. The van der Waals surface area contributed by atoms with Gasteiger partial charge in [0.15, 0.2) is 5.82 Å². The summed E-state index contributed by atoms with van der Waals surface area (Å²) in [5, 5.41) is 7.38. The first-order valence-corrected chi connectivity index (χ1v) is 9.33. The second-order valence-electron chi connectivity index (χ2n) is 6.80. The van der Waals surface area contributed by atoms with Crippen LogP contribution in [0.2, 0.25) is 0 Å². The number of nitrogens with one attached hydrogen (secondary N) is 1. The van der Waals surface area contributed by atoms with Crippen LogP contribution in [0, 0.1) is 0 Å². The Morgan fingerprint density at radius 3 is 2.88 bits per heavy atom. The summed E-state index contributed by atoms with van der Waals surface area (Å²) in [4.78, 5) is 21.0. The number of hydrogen-bond acceptors (Lipinski definition) is 7. The fourth-order valence-corrected chi connectivity index (χ4v) is 3.44. The number of rotatable bonds is 7. The number of piperazine rings is 1. The van der Waals surface area contributed by atoms with Gasteiger partial charge in [0.2, 0.25) is 11.8 Å². The number of aromatic nitrogens is 2. The molecule has 0 radical (unpaired) electrons. The van der Waals surface area contributed by atoms with Gasteiger partial charge in [0.05, 0.1) is 6.54 Å². The molecule has 1 N–H and O–H groups in total. The van der Waals surface area contributed by atoms with Gasteiger partial charge in [-0.3, -0.25) is 9.69 Å². The third kappa shape index (κ3) is 4.99. The molecule has 1 aromatic heterocycles. The van der Waals surface area contributed by atoms with E-state index in [2.05, 4.69) is 20.4 Å². The van der Waals surface area contributed by atoms with Crippen LogP contribution in [0.15, 0.2) is 4.52 Å². The van der Waals surface area contributed by atoms with Crippen molar-refractivity contribution in [3.63, 3.8) is 0 Å². The van der Waals surface area contributed by atoms with Gasteiger partial charge in [-0.25, -0.2) is 0 Å². The van der Waals surface area contributed by atoms with Crippen LogP contribution in [0.25, 0.3) is 0 Å². The molecule has 1 amide bonds. The van der Waals surface area contributed by atoms with E-state index >= 15 is 0 Å². The van der Waals surface area contributed by atoms with E-state index in [1.54, 1.807) is 0 Å². The molecule has 0 aliphatic carbocycles. The minimum atomic E-state index is -0.152. The fourth-order valence-electron chi connectivity index (χ4n) is 3.44. The quantitative estimate of drug-likeness (QED) is 0.783. The molecule has 3 heterocycles. The van der Waals surface area contributed by atoms with Crippen LogP contribution in [0.5, 0.6) is 0 Å². The van der Waals surface area contributed by atoms with Gasteiger partial charge in [-0.2, -0.15) is 4.98 Å². The first-order valence-electron chi connectivity index (χ1n) is 9.33. The lowest BCUT2D eigenvalue weighted by atomic mass is 10.1. The Bertz CT molecular complexity index is 550. The third-order valence-corrected chi connectivity index (χ3v) is 4.93. The molecule has 0 saturated carbocycles. The Balaban J connectivity index is 1.42. The van der Waals surface area contributed by atoms with Crippen LogP contribution in [-0.4, -0.2) is 71.2 Å². The molecular weight excluding hydrogens is 322 g/mol. The number of ether oxygens (including phenoxy) is 1. The molecule has 2 aliphatic heterocycles. The van der Waals surface area contributed by atoms with E-state index in [1.807, 2.05) is 18.7 Å². The monoisotopic (exact) mass is 351 g/mol. The van der Waals surface area contributed by atoms with Crippen molar-refractivity contribution in [2.45, 2.75) is 51.8 Å². The van der Waals surface area contributed by atoms with Crippen LogP contribution in [0.1, 0.15) is 50.9 Å². The lowest BCUT2D eigenvalue weighted by Gasteiger charge is -2.34. The highest BCUT2D eigenvalue weighted by molar-refractivity contribution is 5.77. The van der Waals surface area contributed by atoms with Gasteiger partial charge in [0.1, 0.15) is 6.10 Å². The molecule has 1 aromatic rings. The topological polar surface area (TPSA) is 83.7 Å². The molecule has 25 heavy (non-hydrogen) atoms. The maximum absolute atomic E-state index is 12.4. The summed E-state index contributed by atoms with van der Waals surface area (Å²) < 4.78 is 10.8. The zero-order valence-corrected chi connectivity index (χ0v) is 15.2. The molecule has 2 saturated heterocycles. The van der Waals surface area contributed by atoms with Crippen molar-refractivity contribution in [3.05, 3.63) is 11.7 Å². The minimum absolute atomic E-state index is 0.152. The summed E-state index contributed by atoms with van der Waals surface area (Å²) in [6.07, 6.45) is 2.77. The van der Waals surface area contributed by atoms with Crippen LogP contribution >= 0.6 is 0 Å². The van der Waals surface area contributed by atoms with Gasteiger partial charge < -0.3 is 19.5 Å². The number of hydrogen-bond donors (Lipinski definition) is 1. The van der Waals surface area contributed by atoms with Crippen LogP contribution in [-0.2, 0) is 16.1 Å². The second-order valence-corrected chi connectivity index (χ2v) is 6.80. The van der Waals surface area contributed by atoms with E-state index in [4.69, 9.17) is 9.26 Å². The number of nitrogens with zero attached hydrogens (tertiary/aromatic N) is 4. The lowest BCUT2D eigenvalue weighted by Crippen LogP contribution is -2.49. The zero-order chi connectivity index (χ0) is 17.6. The average Bonchev–Trinajstić information content (AvgIpc) is 3.28. The highest BCUT2D eigenvalue weighted by atomic mass is 16.5. The SMILES string of the molecule is CCOC(C)c1noc(CN2CCN(C(=O)CC3CCCN3)CC2)n1. The Kier molecular flexibility index (Phi) is 6.39. The molecule has 3 rings (SSSR count). The van der Waals surface area contributed by atoms with Gasteiger partial charge in [-0.05, 0) is 33.2 Å². The molecule has 2 atom stereocenters.